The number of hydrogen-bond acceptors (Lipinski definition) is 6. The number of carbonyl (C=O) groups is 1. The highest BCUT2D eigenvalue weighted by Crippen LogP contribution is 2.33. The summed E-state index contributed by atoms with van der Waals surface area (Å²) in [5.74, 6) is 0.0986. The molecule has 2 aromatic rings. The lowest BCUT2D eigenvalue weighted by molar-refractivity contribution is -0.134. The zero-order valence-electron chi connectivity index (χ0n) is 14.1. The Morgan fingerprint density at radius 1 is 1.44 bits per heavy atom. The number of methoxy groups -OCH3 is 1. The van der Waals surface area contributed by atoms with Gasteiger partial charge in [0.15, 0.2) is 11.5 Å². The number of likely N-dealkylation sites (tertiary alicyclic amines) is 1. The number of phenolic OH excluding ortho intramolecular Hbond substituents is 1. The number of carbonyl (C=O) groups excluding carboxylic acids is 1. The van der Waals surface area contributed by atoms with E-state index in [9.17, 15) is 14.7 Å². The minimum absolute atomic E-state index is 0.00345. The van der Waals surface area contributed by atoms with Gasteiger partial charge in [0.2, 0.25) is 5.91 Å². The van der Waals surface area contributed by atoms with Crippen LogP contribution in [0.3, 0.4) is 0 Å². The number of hydrogen-bond donors (Lipinski definition) is 1. The molecule has 4 rings (SSSR count). The standard InChI is InChI=1S/C18H19NO6/c1-9-12-4-16(23-2)14(20)6-15(12)25-18(22)13(9)5-17(21)19-7-11-3-10(19)8-24-11/h4,6,10-11,20H,3,5,7-8H2,1-2H3/t10-,11-/m1/s1. The number of benzene rings is 1. The van der Waals surface area contributed by atoms with Crippen molar-refractivity contribution in [2.45, 2.75) is 31.9 Å². The molecule has 2 bridgehead atoms. The summed E-state index contributed by atoms with van der Waals surface area (Å²) in [6.07, 6.45) is 0.986. The van der Waals surface area contributed by atoms with E-state index in [1.54, 1.807) is 17.9 Å². The molecule has 0 unspecified atom stereocenters. The van der Waals surface area contributed by atoms with Crippen molar-refractivity contribution in [1.29, 1.82) is 0 Å². The number of rotatable bonds is 3. The number of phenols is 1. The zero-order valence-corrected chi connectivity index (χ0v) is 14.1. The van der Waals surface area contributed by atoms with Crippen LogP contribution in [0, 0.1) is 6.92 Å². The van der Waals surface area contributed by atoms with Gasteiger partial charge < -0.3 is 23.9 Å². The van der Waals surface area contributed by atoms with Gasteiger partial charge in [0.25, 0.3) is 0 Å². The fourth-order valence-electron chi connectivity index (χ4n) is 3.73. The Balaban J connectivity index is 1.70. The second-order valence-corrected chi connectivity index (χ2v) is 6.58. The topological polar surface area (TPSA) is 89.2 Å². The predicted molar refractivity (Wildman–Crippen MR) is 89.0 cm³/mol. The van der Waals surface area contributed by atoms with E-state index in [1.165, 1.54) is 13.2 Å². The highest BCUT2D eigenvalue weighted by molar-refractivity contribution is 5.87. The van der Waals surface area contributed by atoms with Gasteiger partial charge in [-0.05, 0) is 25.0 Å². The van der Waals surface area contributed by atoms with E-state index in [2.05, 4.69) is 0 Å². The average Bonchev–Trinajstić information content (AvgIpc) is 3.21. The summed E-state index contributed by atoms with van der Waals surface area (Å²) in [5, 5.41) is 10.5. The Morgan fingerprint density at radius 2 is 2.24 bits per heavy atom. The van der Waals surface area contributed by atoms with Crippen molar-refractivity contribution in [3.8, 4) is 11.5 Å². The minimum atomic E-state index is -0.552. The van der Waals surface area contributed by atoms with Crippen molar-refractivity contribution in [3.05, 3.63) is 33.7 Å². The highest BCUT2D eigenvalue weighted by atomic mass is 16.5. The zero-order chi connectivity index (χ0) is 17.7. The first kappa shape index (κ1) is 16.0. The van der Waals surface area contributed by atoms with E-state index in [-0.39, 0.29) is 41.6 Å². The molecular formula is C18H19NO6. The third kappa shape index (κ3) is 2.55. The lowest BCUT2D eigenvalue weighted by atomic mass is 10.0. The van der Waals surface area contributed by atoms with Crippen LogP contribution in [-0.4, -0.2) is 48.3 Å². The number of morpholine rings is 1. The maximum Gasteiger partial charge on any atom is 0.340 e. The fraction of sp³-hybridized carbons (Fsp3) is 0.444. The van der Waals surface area contributed by atoms with E-state index in [0.717, 1.165) is 6.42 Å². The van der Waals surface area contributed by atoms with E-state index in [4.69, 9.17) is 13.9 Å². The summed E-state index contributed by atoms with van der Waals surface area (Å²) in [7, 11) is 1.45. The van der Waals surface area contributed by atoms with Gasteiger partial charge in [0.05, 0.1) is 37.8 Å². The number of fused-ring (bicyclic) bond motifs is 3. The van der Waals surface area contributed by atoms with Crippen molar-refractivity contribution in [2.24, 2.45) is 0 Å². The molecule has 7 heteroatoms. The molecule has 132 valence electrons. The van der Waals surface area contributed by atoms with Gasteiger partial charge in [-0.1, -0.05) is 0 Å². The molecule has 7 nitrogen and oxygen atoms in total. The SMILES string of the molecule is COc1cc2c(C)c(CC(=O)N3C[C@H]4C[C@@H]3CO4)c(=O)oc2cc1O. The molecule has 2 fully saturated rings. The quantitative estimate of drug-likeness (QED) is 0.845. The summed E-state index contributed by atoms with van der Waals surface area (Å²) in [6, 6.07) is 3.08. The van der Waals surface area contributed by atoms with Crippen LogP contribution in [0.4, 0.5) is 0 Å². The largest absolute Gasteiger partial charge is 0.504 e. The van der Waals surface area contributed by atoms with Crippen LogP contribution >= 0.6 is 0 Å². The maximum atomic E-state index is 12.6. The second kappa shape index (κ2) is 5.77. The third-order valence-corrected chi connectivity index (χ3v) is 5.14. The molecule has 2 aliphatic rings. The van der Waals surface area contributed by atoms with Crippen molar-refractivity contribution in [1.82, 2.24) is 4.90 Å². The number of ether oxygens (including phenoxy) is 2. The van der Waals surface area contributed by atoms with Gasteiger partial charge in [-0.2, -0.15) is 0 Å². The monoisotopic (exact) mass is 345 g/mol. The Bertz CT molecular complexity index is 918. The lowest BCUT2D eigenvalue weighted by Crippen LogP contribution is -2.42. The van der Waals surface area contributed by atoms with Crippen LogP contribution in [0.1, 0.15) is 17.5 Å². The molecule has 1 aromatic heterocycles. The minimum Gasteiger partial charge on any atom is -0.504 e. The van der Waals surface area contributed by atoms with Crippen LogP contribution in [0.2, 0.25) is 0 Å². The fourth-order valence-corrected chi connectivity index (χ4v) is 3.73. The van der Waals surface area contributed by atoms with Crippen LogP contribution in [0.15, 0.2) is 21.3 Å². The Hall–Kier alpha value is -2.54. The first-order valence-electron chi connectivity index (χ1n) is 8.22. The van der Waals surface area contributed by atoms with E-state index >= 15 is 0 Å². The maximum absolute atomic E-state index is 12.6. The molecule has 25 heavy (non-hydrogen) atoms. The van der Waals surface area contributed by atoms with E-state index < -0.39 is 5.63 Å². The van der Waals surface area contributed by atoms with Gasteiger partial charge in [-0.25, -0.2) is 4.79 Å². The molecule has 1 N–H and O–H groups in total. The average molecular weight is 345 g/mol. The van der Waals surface area contributed by atoms with Crippen LogP contribution in [0.25, 0.3) is 11.0 Å². The van der Waals surface area contributed by atoms with Gasteiger partial charge in [-0.15, -0.1) is 0 Å². The molecule has 1 amide bonds. The molecule has 2 atom stereocenters. The molecule has 0 spiro atoms. The van der Waals surface area contributed by atoms with E-state index in [1.807, 2.05) is 0 Å². The summed E-state index contributed by atoms with van der Waals surface area (Å²) in [4.78, 5) is 26.8. The van der Waals surface area contributed by atoms with Gasteiger partial charge >= 0.3 is 5.63 Å². The second-order valence-electron chi connectivity index (χ2n) is 6.58. The first-order valence-corrected chi connectivity index (χ1v) is 8.22. The molecule has 0 aliphatic carbocycles. The van der Waals surface area contributed by atoms with Gasteiger partial charge in [-0.3, -0.25) is 4.79 Å². The lowest BCUT2D eigenvalue weighted by Gasteiger charge is -2.27. The molecule has 2 saturated heterocycles. The smallest absolute Gasteiger partial charge is 0.340 e. The van der Waals surface area contributed by atoms with E-state index in [0.29, 0.717) is 29.7 Å². The van der Waals surface area contributed by atoms with Crippen molar-refractivity contribution < 1.29 is 23.8 Å². The number of aromatic hydroxyl groups is 1. The van der Waals surface area contributed by atoms with Crippen LogP contribution in [-0.2, 0) is 16.0 Å². The number of nitrogens with zero attached hydrogens (tertiary/aromatic N) is 1. The van der Waals surface area contributed by atoms with Gasteiger partial charge in [0, 0.05) is 18.0 Å². The number of aryl methyl sites for hydroxylation is 1. The summed E-state index contributed by atoms with van der Waals surface area (Å²) >= 11 is 0. The summed E-state index contributed by atoms with van der Waals surface area (Å²) in [5.41, 5.74) is 0.724. The Kier molecular flexibility index (Phi) is 3.68. The van der Waals surface area contributed by atoms with Crippen LogP contribution in [0.5, 0.6) is 11.5 Å². The molecule has 1 aromatic carbocycles. The van der Waals surface area contributed by atoms with Crippen molar-refractivity contribution in [3.63, 3.8) is 0 Å². The van der Waals surface area contributed by atoms with Crippen molar-refractivity contribution >= 4 is 16.9 Å². The van der Waals surface area contributed by atoms with Crippen LogP contribution < -0.4 is 10.4 Å². The molecule has 3 heterocycles. The molecule has 0 saturated carbocycles. The highest BCUT2D eigenvalue weighted by Gasteiger charge is 2.41. The Labute approximate surface area is 143 Å². The molecule has 0 radical (unpaired) electrons. The molecule has 2 aliphatic heterocycles. The summed E-state index contributed by atoms with van der Waals surface area (Å²) in [6.45, 7) is 2.93. The third-order valence-electron chi connectivity index (χ3n) is 5.14. The van der Waals surface area contributed by atoms with Gasteiger partial charge in [0.1, 0.15) is 5.58 Å². The number of amides is 1. The summed E-state index contributed by atoms with van der Waals surface area (Å²) < 4.78 is 15.9. The molecular weight excluding hydrogens is 326 g/mol. The Morgan fingerprint density at radius 3 is 2.88 bits per heavy atom. The van der Waals surface area contributed by atoms with Crippen molar-refractivity contribution in [2.75, 3.05) is 20.3 Å². The normalized spacial score (nSPS) is 21.9. The predicted octanol–water partition coefficient (Wildman–Crippen LogP) is 1.36. The first-order chi connectivity index (χ1) is 12.0.